The fourth-order valence-electron chi connectivity index (χ4n) is 1.55. The third kappa shape index (κ3) is 2.93. The molecule has 1 N–H and O–H groups in total. The van der Waals surface area contributed by atoms with Crippen molar-refractivity contribution in [3.63, 3.8) is 0 Å². The van der Waals surface area contributed by atoms with E-state index in [1.54, 1.807) is 13.1 Å². The summed E-state index contributed by atoms with van der Waals surface area (Å²) in [6.07, 6.45) is 0. The number of aryl methyl sites for hydroxylation is 1. The summed E-state index contributed by atoms with van der Waals surface area (Å²) in [5.41, 5.74) is 0.826. The highest BCUT2D eigenvalue weighted by Crippen LogP contribution is 2.29. The third-order valence-electron chi connectivity index (χ3n) is 3.31. The van der Waals surface area contributed by atoms with Crippen molar-refractivity contribution >= 4 is 21.4 Å². The van der Waals surface area contributed by atoms with Crippen molar-refractivity contribution in [3.8, 4) is 0 Å². The molecule has 1 atom stereocenters. The molecule has 0 aliphatic rings. The van der Waals surface area contributed by atoms with Crippen LogP contribution < -0.4 is 0 Å². The highest BCUT2D eigenvalue weighted by molar-refractivity contribution is 7.91. The van der Waals surface area contributed by atoms with Crippen LogP contribution in [0, 0.1) is 12.8 Å². The zero-order valence-corrected chi connectivity index (χ0v) is 13.1. The molecule has 4 nitrogen and oxygen atoms in total. The first-order valence-electron chi connectivity index (χ1n) is 5.90. The zero-order valence-electron chi connectivity index (χ0n) is 11.5. The predicted molar refractivity (Wildman–Crippen MR) is 74.2 cm³/mol. The molecule has 1 aromatic heterocycles. The smallest absolute Gasteiger partial charge is 0.252 e. The number of hydrogen-bond donors (Lipinski definition) is 1. The predicted octanol–water partition coefficient (Wildman–Crippen LogP) is 2.21. The van der Waals surface area contributed by atoms with Gasteiger partial charge in [0.1, 0.15) is 4.21 Å². The number of nitrogens with zero attached hydrogens (tertiary/aromatic N) is 1. The van der Waals surface area contributed by atoms with E-state index in [0.717, 1.165) is 16.9 Å². The van der Waals surface area contributed by atoms with E-state index >= 15 is 0 Å². The molecule has 104 valence electrons. The van der Waals surface area contributed by atoms with Gasteiger partial charge >= 0.3 is 0 Å². The first-order chi connectivity index (χ1) is 8.21. The Labute approximate surface area is 113 Å². The molecule has 6 heteroatoms. The highest BCUT2D eigenvalue weighted by atomic mass is 32.2. The molecule has 18 heavy (non-hydrogen) atoms. The van der Waals surface area contributed by atoms with E-state index in [1.165, 1.54) is 4.31 Å². The second-order valence-corrected chi connectivity index (χ2v) is 8.20. The minimum absolute atomic E-state index is 0.0602. The van der Waals surface area contributed by atoms with Gasteiger partial charge in [-0.25, -0.2) is 8.42 Å². The van der Waals surface area contributed by atoms with Gasteiger partial charge < -0.3 is 5.11 Å². The van der Waals surface area contributed by atoms with Gasteiger partial charge in [0, 0.05) is 18.0 Å². The maximum absolute atomic E-state index is 12.4. The number of aliphatic hydroxyl groups excluding tert-OH is 1. The summed E-state index contributed by atoms with van der Waals surface area (Å²) in [6, 6.07) is 1.57. The van der Waals surface area contributed by atoms with Gasteiger partial charge in [-0.3, -0.25) is 0 Å². The van der Waals surface area contributed by atoms with Crippen molar-refractivity contribution in [2.45, 2.75) is 44.6 Å². The van der Waals surface area contributed by atoms with Crippen LogP contribution in [0.15, 0.2) is 10.3 Å². The van der Waals surface area contributed by atoms with E-state index in [0.29, 0.717) is 9.09 Å². The van der Waals surface area contributed by atoms with Gasteiger partial charge in [0.05, 0.1) is 6.61 Å². The van der Waals surface area contributed by atoms with Gasteiger partial charge in [-0.1, -0.05) is 13.8 Å². The fraction of sp³-hybridized carbons (Fsp3) is 0.667. The molecule has 0 spiro atoms. The molecular weight excluding hydrogens is 270 g/mol. The minimum atomic E-state index is -3.45. The van der Waals surface area contributed by atoms with Crippen molar-refractivity contribution in [2.24, 2.45) is 5.92 Å². The van der Waals surface area contributed by atoms with E-state index in [4.69, 9.17) is 5.11 Å². The molecule has 0 radical (unpaired) electrons. The van der Waals surface area contributed by atoms with Crippen LogP contribution in [-0.2, 0) is 16.6 Å². The number of thiophene rings is 1. The summed E-state index contributed by atoms with van der Waals surface area (Å²) >= 11 is 1.14. The van der Waals surface area contributed by atoms with E-state index in [-0.39, 0.29) is 18.6 Å². The lowest BCUT2D eigenvalue weighted by Gasteiger charge is -2.26. The van der Waals surface area contributed by atoms with Gasteiger partial charge in [0.15, 0.2) is 0 Å². The summed E-state index contributed by atoms with van der Waals surface area (Å²) in [5.74, 6) is 0.253. The lowest BCUT2D eigenvalue weighted by molar-refractivity contribution is 0.285. The summed E-state index contributed by atoms with van der Waals surface area (Å²) in [5, 5.41) is 9.14. The Bertz CT molecular complexity index is 505. The number of rotatable bonds is 5. The van der Waals surface area contributed by atoms with Crippen LogP contribution in [0.2, 0.25) is 0 Å². The number of hydrogen-bond acceptors (Lipinski definition) is 4. The lowest BCUT2D eigenvalue weighted by Crippen LogP contribution is -2.37. The van der Waals surface area contributed by atoms with Crippen molar-refractivity contribution in [1.82, 2.24) is 4.31 Å². The molecule has 1 unspecified atom stereocenters. The van der Waals surface area contributed by atoms with Crippen LogP contribution in [0.5, 0.6) is 0 Å². The zero-order chi connectivity index (χ0) is 14.1. The van der Waals surface area contributed by atoms with Crippen molar-refractivity contribution in [2.75, 3.05) is 7.05 Å². The highest BCUT2D eigenvalue weighted by Gasteiger charge is 2.28. The molecule has 1 aromatic rings. The Morgan fingerprint density at radius 1 is 1.39 bits per heavy atom. The first-order valence-corrected chi connectivity index (χ1v) is 8.15. The quantitative estimate of drug-likeness (QED) is 0.905. The third-order valence-corrected chi connectivity index (χ3v) is 6.93. The van der Waals surface area contributed by atoms with E-state index in [2.05, 4.69) is 0 Å². The monoisotopic (exact) mass is 291 g/mol. The van der Waals surface area contributed by atoms with Gasteiger partial charge in [0.25, 0.3) is 10.0 Å². The largest absolute Gasteiger partial charge is 0.391 e. The molecule has 0 aliphatic heterocycles. The second-order valence-electron chi connectivity index (χ2n) is 4.84. The van der Waals surface area contributed by atoms with Gasteiger partial charge in [0.2, 0.25) is 0 Å². The Balaban J connectivity index is 3.13. The molecule has 1 heterocycles. The molecule has 0 amide bonds. The van der Waals surface area contributed by atoms with Crippen molar-refractivity contribution in [1.29, 1.82) is 0 Å². The standard InChI is InChI=1S/C12H21NO3S2/c1-8(2)10(4)13(5)18(15,16)12-6-9(3)11(7-14)17-12/h6,8,10,14H,7H2,1-5H3. The average molecular weight is 291 g/mol. The normalized spacial score (nSPS) is 14.4. The number of aliphatic hydroxyl groups is 1. The fourth-order valence-corrected chi connectivity index (χ4v) is 4.68. The molecule has 0 aliphatic carbocycles. The summed E-state index contributed by atoms with van der Waals surface area (Å²) in [6.45, 7) is 7.59. The SMILES string of the molecule is Cc1cc(S(=O)(=O)N(C)C(C)C(C)C)sc1CO. The van der Waals surface area contributed by atoms with E-state index < -0.39 is 10.0 Å². The molecule has 1 rings (SSSR count). The molecule has 0 bridgehead atoms. The summed E-state index contributed by atoms with van der Waals surface area (Å²) < 4.78 is 26.5. The molecule has 0 aromatic carbocycles. The van der Waals surface area contributed by atoms with Crippen LogP contribution in [-0.4, -0.2) is 30.9 Å². The van der Waals surface area contributed by atoms with Gasteiger partial charge in [-0.05, 0) is 31.4 Å². The Hall–Kier alpha value is -0.430. The number of sulfonamides is 1. The Kier molecular flexibility index (Phi) is 4.94. The van der Waals surface area contributed by atoms with Crippen LogP contribution in [0.1, 0.15) is 31.2 Å². The van der Waals surface area contributed by atoms with E-state index in [1.807, 2.05) is 27.7 Å². The molecule has 0 saturated heterocycles. The molecular formula is C12H21NO3S2. The Morgan fingerprint density at radius 3 is 2.33 bits per heavy atom. The van der Waals surface area contributed by atoms with Crippen molar-refractivity contribution in [3.05, 3.63) is 16.5 Å². The van der Waals surface area contributed by atoms with Crippen LogP contribution >= 0.6 is 11.3 Å². The molecule has 0 fully saturated rings. The topological polar surface area (TPSA) is 57.6 Å². The second kappa shape index (κ2) is 5.69. The summed E-state index contributed by atoms with van der Waals surface area (Å²) in [4.78, 5) is 0.708. The lowest BCUT2D eigenvalue weighted by atomic mass is 10.1. The van der Waals surface area contributed by atoms with Gasteiger partial charge in [-0.2, -0.15) is 4.31 Å². The summed E-state index contributed by atoms with van der Waals surface area (Å²) in [7, 11) is -1.85. The minimum Gasteiger partial charge on any atom is -0.391 e. The molecule has 0 saturated carbocycles. The average Bonchev–Trinajstić information content (AvgIpc) is 2.68. The van der Waals surface area contributed by atoms with Crippen LogP contribution in [0.3, 0.4) is 0 Å². The first kappa shape index (κ1) is 15.6. The van der Waals surface area contributed by atoms with Crippen LogP contribution in [0.25, 0.3) is 0 Å². The maximum Gasteiger partial charge on any atom is 0.252 e. The Morgan fingerprint density at radius 2 is 1.94 bits per heavy atom. The van der Waals surface area contributed by atoms with Gasteiger partial charge in [-0.15, -0.1) is 11.3 Å². The van der Waals surface area contributed by atoms with Crippen molar-refractivity contribution < 1.29 is 13.5 Å². The van der Waals surface area contributed by atoms with E-state index in [9.17, 15) is 8.42 Å². The van der Waals surface area contributed by atoms with Crippen LogP contribution in [0.4, 0.5) is 0 Å². The maximum atomic E-state index is 12.4.